The van der Waals surface area contributed by atoms with Gasteiger partial charge in [0.15, 0.2) is 5.78 Å². The number of thiophene rings is 1. The van der Waals surface area contributed by atoms with Crippen LogP contribution in [0.5, 0.6) is 0 Å². The van der Waals surface area contributed by atoms with Crippen LogP contribution in [-0.2, 0) is 0 Å². The van der Waals surface area contributed by atoms with Crippen molar-refractivity contribution in [1.82, 2.24) is 5.32 Å². The first-order valence-electron chi connectivity index (χ1n) is 4.47. The zero-order valence-corrected chi connectivity index (χ0v) is 8.73. The molecule has 1 aromatic heterocycles. The molecule has 2 aromatic rings. The van der Waals surface area contributed by atoms with Crippen LogP contribution in [0.1, 0.15) is 10.4 Å². The van der Waals surface area contributed by atoms with Gasteiger partial charge in [-0.1, -0.05) is 12.1 Å². The Morgan fingerprint density at radius 3 is 3.07 bits per heavy atom. The summed E-state index contributed by atoms with van der Waals surface area (Å²) in [5.74, 6) is 0.153. The van der Waals surface area contributed by atoms with Crippen molar-refractivity contribution in [2.24, 2.45) is 0 Å². The maximum Gasteiger partial charge on any atom is 0.178 e. The molecule has 0 atom stereocenters. The van der Waals surface area contributed by atoms with E-state index < -0.39 is 0 Å². The summed E-state index contributed by atoms with van der Waals surface area (Å²) in [6.45, 7) is 0.400. The molecule has 0 amide bonds. The third-order valence-corrected chi connectivity index (χ3v) is 3.08. The molecule has 1 heterocycles. The third kappa shape index (κ3) is 1.56. The molecule has 1 N–H and O–H groups in total. The van der Waals surface area contributed by atoms with Gasteiger partial charge in [0.2, 0.25) is 0 Å². The molecule has 14 heavy (non-hydrogen) atoms. The van der Waals surface area contributed by atoms with E-state index >= 15 is 0 Å². The van der Waals surface area contributed by atoms with Gasteiger partial charge in [-0.15, -0.1) is 11.3 Å². The van der Waals surface area contributed by atoms with Crippen molar-refractivity contribution in [2.75, 3.05) is 13.6 Å². The summed E-state index contributed by atoms with van der Waals surface area (Å²) in [6.07, 6.45) is 0. The van der Waals surface area contributed by atoms with Gasteiger partial charge in [-0.3, -0.25) is 4.79 Å². The summed E-state index contributed by atoms with van der Waals surface area (Å²) in [7, 11) is 1.78. The Morgan fingerprint density at radius 1 is 1.43 bits per heavy atom. The molecule has 0 aliphatic carbocycles. The number of hydrogen-bond donors (Lipinski definition) is 1. The molecule has 0 aliphatic heterocycles. The number of nitrogens with one attached hydrogen (secondary N) is 1. The van der Waals surface area contributed by atoms with Crippen LogP contribution in [0.4, 0.5) is 0 Å². The molecule has 0 unspecified atom stereocenters. The van der Waals surface area contributed by atoms with Gasteiger partial charge in [-0.25, -0.2) is 0 Å². The van der Waals surface area contributed by atoms with Gasteiger partial charge in [-0.2, -0.15) is 0 Å². The lowest BCUT2D eigenvalue weighted by Crippen LogP contribution is -2.18. The van der Waals surface area contributed by atoms with Crippen LogP contribution in [0.3, 0.4) is 0 Å². The fraction of sp³-hybridized carbons (Fsp3) is 0.182. The van der Waals surface area contributed by atoms with E-state index in [4.69, 9.17) is 0 Å². The van der Waals surface area contributed by atoms with Crippen molar-refractivity contribution in [1.29, 1.82) is 0 Å². The maximum absolute atomic E-state index is 11.7. The van der Waals surface area contributed by atoms with Gasteiger partial charge < -0.3 is 5.32 Å². The fourth-order valence-corrected chi connectivity index (χ4v) is 2.40. The van der Waals surface area contributed by atoms with Gasteiger partial charge in [0.25, 0.3) is 0 Å². The summed E-state index contributed by atoms with van der Waals surface area (Å²) in [6, 6.07) is 7.88. The van der Waals surface area contributed by atoms with E-state index in [-0.39, 0.29) is 5.78 Å². The minimum Gasteiger partial charge on any atom is -0.313 e. The second kappa shape index (κ2) is 3.90. The quantitative estimate of drug-likeness (QED) is 0.779. The van der Waals surface area contributed by atoms with E-state index in [1.807, 2.05) is 29.6 Å². The summed E-state index contributed by atoms with van der Waals surface area (Å²) in [5, 5.41) is 6.04. The van der Waals surface area contributed by atoms with Crippen LogP contribution in [0.25, 0.3) is 10.1 Å². The number of carbonyl (C=O) groups excluding carboxylic acids is 1. The molecular formula is C11H11NOS. The van der Waals surface area contributed by atoms with Crippen molar-refractivity contribution in [3.05, 3.63) is 35.2 Å². The van der Waals surface area contributed by atoms with E-state index in [2.05, 4.69) is 5.32 Å². The average Bonchev–Trinajstić information content (AvgIpc) is 2.65. The highest BCUT2D eigenvalue weighted by atomic mass is 32.1. The first-order chi connectivity index (χ1) is 6.83. The molecule has 0 saturated carbocycles. The highest BCUT2D eigenvalue weighted by molar-refractivity contribution is 7.17. The summed E-state index contributed by atoms with van der Waals surface area (Å²) in [5.41, 5.74) is 0.826. The van der Waals surface area contributed by atoms with Crippen molar-refractivity contribution >= 4 is 27.2 Å². The lowest BCUT2D eigenvalue weighted by Gasteiger charge is -2.01. The van der Waals surface area contributed by atoms with Gasteiger partial charge in [0.1, 0.15) is 0 Å². The first kappa shape index (κ1) is 9.37. The van der Waals surface area contributed by atoms with Crippen LogP contribution in [0.15, 0.2) is 29.6 Å². The second-order valence-electron chi connectivity index (χ2n) is 3.10. The molecule has 0 bridgehead atoms. The third-order valence-electron chi connectivity index (χ3n) is 2.12. The molecule has 2 nitrogen and oxygen atoms in total. The Balaban J connectivity index is 2.50. The van der Waals surface area contributed by atoms with Gasteiger partial charge in [0, 0.05) is 10.3 Å². The number of rotatable bonds is 3. The van der Waals surface area contributed by atoms with E-state index in [0.717, 1.165) is 15.6 Å². The van der Waals surface area contributed by atoms with Crippen LogP contribution in [0.2, 0.25) is 0 Å². The number of ketones is 1. The molecule has 3 heteroatoms. The number of carbonyl (C=O) groups is 1. The Hall–Kier alpha value is -1.19. The van der Waals surface area contributed by atoms with Crippen LogP contribution < -0.4 is 5.32 Å². The average molecular weight is 205 g/mol. The standard InChI is InChI=1S/C11H11NOS/c1-12-7-10(13)9-4-2-3-8-5-6-14-11(8)9/h2-6,12H,7H2,1H3. The number of likely N-dealkylation sites (N-methyl/N-ethyl adjacent to an activating group) is 1. The monoisotopic (exact) mass is 205 g/mol. The van der Waals surface area contributed by atoms with Crippen molar-refractivity contribution in [3.8, 4) is 0 Å². The molecule has 0 radical (unpaired) electrons. The summed E-state index contributed by atoms with van der Waals surface area (Å²) in [4.78, 5) is 11.7. The van der Waals surface area contributed by atoms with Gasteiger partial charge in [-0.05, 0) is 29.9 Å². The first-order valence-corrected chi connectivity index (χ1v) is 5.35. The molecule has 2 rings (SSSR count). The van der Waals surface area contributed by atoms with Crippen LogP contribution >= 0.6 is 11.3 Å². The van der Waals surface area contributed by atoms with Crippen LogP contribution in [-0.4, -0.2) is 19.4 Å². The summed E-state index contributed by atoms with van der Waals surface area (Å²) < 4.78 is 1.09. The number of hydrogen-bond acceptors (Lipinski definition) is 3. The summed E-state index contributed by atoms with van der Waals surface area (Å²) >= 11 is 1.62. The van der Waals surface area contributed by atoms with Gasteiger partial charge >= 0.3 is 0 Å². The molecule has 72 valence electrons. The Kier molecular flexibility index (Phi) is 2.61. The van der Waals surface area contributed by atoms with E-state index in [1.165, 1.54) is 0 Å². The lowest BCUT2D eigenvalue weighted by molar-refractivity contribution is 0.0995. The van der Waals surface area contributed by atoms with Crippen molar-refractivity contribution in [3.63, 3.8) is 0 Å². The predicted octanol–water partition coefficient (Wildman–Crippen LogP) is 2.30. The molecule has 0 aliphatic rings. The smallest absolute Gasteiger partial charge is 0.178 e. The normalized spacial score (nSPS) is 10.6. The highest BCUT2D eigenvalue weighted by Gasteiger charge is 2.09. The molecule has 0 fully saturated rings. The number of fused-ring (bicyclic) bond motifs is 1. The molecule has 1 aromatic carbocycles. The number of Topliss-reactive ketones (excluding diaryl/α,β-unsaturated/α-hetero) is 1. The molecule has 0 spiro atoms. The largest absolute Gasteiger partial charge is 0.313 e. The van der Waals surface area contributed by atoms with Crippen LogP contribution in [0, 0.1) is 0 Å². The molecular weight excluding hydrogens is 194 g/mol. The number of benzene rings is 1. The van der Waals surface area contributed by atoms with E-state index in [1.54, 1.807) is 18.4 Å². The zero-order chi connectivity index (χ0) is 9.97. The van der Waals surface area contributed by atoms with E-state index in [0.29, 0.717) is 6.54 Å². The topological polar surface area (TPSA) is 29.1 Å². The van der Waals surface area contributed by atoms with Gasteiger partial charge in [0.05, 0.1) is 6.54 Å². The second-order valence-corrected chi connectivity index (χ2v) is 4.01. The van der Waals surface area contributed by atoms with Crippen molar-refractivity contribution in [2.45, 2.75) is 0 Å². The Labute approximate surface area is 86.6 Å². The zero-order valence-electron chi connectivity index (χ0n) is 7.91. The predicted molar refractivity (Wildman–Crippen MR) is 60.1 cm³/mol. The maximum atomic E-state index is 11.7. The molecule has 0 saturated heterocycles. The van der Waals surface area contributed by atoms with E-state index in [9.17, 15) is 4.79 Å². The highest BCUT2D eigenvalue weighted by Crippen LogP contribution is 2.24. The minimum absolute atomic E-state index is 0.153. The lowest BCUT2D eigenvalue weighted by atomic mass is 10.1. The SMILES string of the molecule is CNCC(=O)c1cccc2ccsc12. The Morgan fingerprint density at radius 2 is 2.29 bits per heavy atom. The fourth-order valence-electron chi connectivity index (χ4n) is 1.47. The van der Waals surface area contributed by atoms with Crippen molar-refractivity contribution < 1.29 is 4.79 Å². The Bertz CT molecular complexity index is 461. The minimum atomic E-state index is 0.153.